The predicted molar refractivity (Wildman–Crippen MR) is 113 cm³/mol. The molecule has 0 spiro atoms. The Morgan fingerprint density at radius 3 is 2.28 bits per heavy atom. The van der Waals surface area contributed by atoms with Crippen molar-refractivity contribution in [2.24, 2.45) is 17.8 Å². The number of anilines is 2. The van der Waals surface area contributed by atoms with Crippen LogP contribution in [0.3, 0.4) is 0 Å². The van der Waals surface area contributed by atoms with E-state index in [2.05, 4.69) is 10.6 Å². The van der Waals surface area contributed by atoms with Crippen LogP contribution in [0.4, 0.5) is 11.6 Å². The van der Waals surface area contributed by atoms with Crippen LogP contribution in [-0.4, -0.2) is 20.8 Å². The maximum atomic E-state index is 13.4. The lowest BCUT2D eigenvalue weighted by Crippen LogP contribution is -2.59. The molecule has 29 heavy (non-hydrogen) atoms. The predicted octanol–water partition coefficient (Wildman–Crippen LogP) is 4.78. The lowest BCUT2D eigenvalue weighted by atomic mass is 9.53. The molecule has 4 saturated carbocycles. The van der Waals surface area contributed by atoms with Crippen molar-refractivity contribution in [1.82, 2.24) is 14.7 Å². The number of carbonyl (C=O) groups is 1. The van der Waals surface area contributed by atoms with Crippen LogP contribution >= 0.6 is 0 Å². The van der Waals surface area contributed by atoms with E-state index in [1.807, 2.05) is 59.1 Å². The molecule has 2 N–H and O–H groups in total. The molecule has 5 heteroatoms. The molecule has 0 atom stereocenters. The van der Waals surface area contributed by atoms with Crippen molar-refractivity contribution in [1.29, 1.82) is 0 Å². The maximum absolute atomic E-state index is 13.4. The number of hydrogen-bond donors (Lipinski definition) is 2. The third-order valence-electron chi connectivity index (χ3n) is 7.21. The monoisotopic (exact) mass is 386 g/mol. The van der Waals surface area contributed by atoms with Crippen LogP contribution in [0.5, 0.6) is 0 Å². The minimum absolute atomic E-state index is 0.0103. The molecule has 0 radical (unpaired) electrons. The van der Waals surface area contributed by atoms with Gasteiger partial charge in [0.05, 0.1) is 5.52 Å². The SMILES string of the molecule is O=C(NC12CC3CC(CC(C3)C1)C2)c1nc(Nc2ccccc2)n2ccccc12. The van der Waals surface area contributed by atoms with Gasteiger partial charge < -0.3 is 10.6 Å². The highest BCUT2D eigenvalue weighted by molar-refractivity contribution is 6.00. The van der Waals surface area contributed by atoms with Crippen molar-refractivity contribution < 1.29 is 4.79 Å². The van der Waals surface area contributed by atoms with E-state index in [1.54, 1.807) is 0 Å². The van der Waals surface area contributed by atoms with Crippen LogP contribution in [0.15, 0.2) is 54.7 Å². The van der Waals surface area contributed by atoms with Crippen molar-refractivity contribution in [3.05, 3.63) is 60.4 Å². The van der Waals surface area contributed by atoms with Gasteiger partial charge in [-0.2, -0.15) is 0 Å². The Morgan fingerprint density at radius 1 is 0.931 bits per heavy atom. The van der Waals surface area contributed by atoms with E-state index >= 15 is 0 Å². The minimum Gasteiger partial charge on any atom is -0.345 e. The molecule has 1 amide bonds. The Bertz CT molecular complexity index is 1040. The van der Waals surface area contributed by atoms with Crippen LogP contribution in [0, 0.1) is 17.8 Å². The van der Waals surface area contributed by atoms with E-state index in [0.29, 0.717) is 11.6 Å². The molecular weight excluding hydrogens is 360 g/mol. The number of imidazole rings is 1. The van der Waals surface area contributed by atoms with Gasteiger partial charge in [-0.05, 0) is 80.5 Å². The fourth-order valence-electron chi connectivity index (χ4n) is 6.51. The summed E-state index contributed by atoms with van der Waals surface area (Å²) in [5.74, 6) is 3.04. The van der Waals surface area contributed by atoms with Crippen molar-refractivity contribution >= 4 is 23.1 Å². The van der Waals surface area contributed by atoms with Gasteiger partial charge in [0.2, 0.25) is 5.95 Å². The number of para-hydroxylation sites is 1. The summed E-state index contributed by atoms with van der Waals surface area (Å²) in [6.07, 6.45) is 9.49. The number of rotatable bonds is 4. The summed E-state index contributed by atoms with van der Waals surface area (Å²) in [6.45, 7) is 0. The highest BCUT2D eigenvalue weighted by atomic mass is 16.2. The second-order valence-electron chi connectivity index (χ2n) is 9.38. The molecule has 2 heterocycles. The summed E-state index contributed by atoms with van der Waals surface area (Å²) in [4.78, 5) is 18.1. The lowest BCUT2D eigenvalue weighted by Gasteiger charge is -2.56. The molecule has 0 aliphatic heterocycles. The molecule has 4 fully saturated rings. The molecular formula is C24H26N4O. The van der Waals surface area contributed by atoms with E-state index < -0.39 is 0 Å². The van der Waals surface area contributed by atoms with E-state index in [0.717, 1.165) is 48.2 Å². The van der Waals surface area contributed by atoms with Gasteiger partial charge in [-0.15, -0.1) is 0 Å². The molecule has 0 saturated heterocycles. The van der Waals surface area contributed by atoms with Crippen molar-refractivity contribution in [3.8, 4) is 0 Å². The molecule has 7 rings (SSSR count). The first-order chi connectivity index (χ1) is 14.2. The molecule has 4 bridgehead atoms. The first-order valence-electron chi connectivity index (χ1n) is 10.8. The van der Waals surface area contributed by atoms with Crippen molar-refractivity contribution in [2.75, 3.05) is 5.32 Å². The Balaban J connectivity index is 1.32. The number of amides is 1. The van der Waals surface area contributed by atoms with Crippen molar-refractivity contribution in [2.45, 2.75) is 44.1 Å². The zero-order valence-corrected chi connectivity index (χ0v) is 16.5. The van der Waals surface area contributed by atoms with E-state index in [1.165, 1.54) is 19.3 Å². The Kier molecular flexibility index (Phi) is 3.73. The largest absolute Gasteiger partial charge is 0.345 e. The Morgan fingerprint density at radius 2 is 1.59 bits per heavy atom. The normalized spacial score (nSPS) is 29.9. The van der Waals surface area contributed by atoms with E-state index in [4.69, 9.17) is 4.98 Å². The highest BCUT2D eigenvalue weighted by Crippen LogP contribution is 2.55. The molecule has 0 unspecified atom stereocenters. The summed E-state index contributed by atoms with van der Waals surface area (Å²) in [7, 11) is 0. The number of benzene rings is 1. The van der Waals surface area contributed by atoms with Crippen LogP contribution in [0.2, 0.25) is 0 Å². The molecule has 5 nitrogen and oxygen atoms in total. The molecule has 2 aromatic heterocycles. The third kappa shape index (κ3) is 2.91. The summed E-state index contributed by atoms with van der Waals surface area (Å²) in [6, 6.07) is 15.9. The van der Waals surface area contributed by atoms with Crippen molar-refractivity contribution in [3.63, 3.8) is 0 Å². The first-order valence-corrected chi connectivity index (χ1v) is 10.8. The van der Waals surface area contributed by atoms with Gasteiger partial charge in [0, 0.05) is 17.4 Å². The second-order valence-corrected chi connectivity index (χ2v) is 9.38. The number of nitrogens with zero attached hydrogens (tertiary/aromatic N) is 2. The van der Waals surface area contributed by atoms with Gasteiger partial charge in [0.1, 0.15) is 0 Å². The number of pyridine rings is 1. The van der Waals surface area contributed by atoms with Gasteiger partial charge in [-0.1, -0.05) is 24.3 Å². The lowest BCUT2D eigenvalue weighted by molar-refractivity contribution is -0.0167. The van der Waals surface area contributed by atoms with E-state index in [9.17, 15) is 4.79 Å². The fourth-order valence-corrected chi connectivity index (χ4v) is 6.51. The second kappa shape index (κ2) is 6.34. The van der Waals surface area contributed by atoms with Gasteiger partial charge in [-0.25, -0.2) is 4.98 Å². The number of fused-ring (bicyclic) bond motifs is 1. The number of carbonyl (C=O) groups excluding carboxylic acids is 1. The zero-order valence-electron chi connectivity index (χ0n) is 16.5. The maximum Gasteiger partial charge on any atom is 0.272 e. The molecule has 3 aromatic rings. The minimum atomic E-state index is -0.0308. The van der Waals surface area contributed by atoms with Gasteiger partial charge in [-0.3, -0.25) is 9.20 Å². The highest BCUT2D eigenvalue weighted by Gasteiger charge is 2.51. The standard InChI is InChI=1S/C24H26N4O/c29-22(27-24-13-16-10-17(14-24)12-18(11-16)15-24)21-20-8-4-5-9-28(20)23(26-21)25-19-6-2-1-3-7-19/h1-9,16-18H,10-15H2,(H,25,26)(H,27,29). The first kappa shape index (κ1) is 17.1. The van der Waals surface area contributed by atoms with Gasteiger partial charge >= 0.3 is 0 Å². The average Bonchev–Trinajstić information content (AvgIpc) is 3.06. The Hall–Kier alpha value is -2.82. The number of aromatic nitrogens is 2. The topological polar surface area (TPSA) is 58.4 Å². The molecule has 4 aliphatic carbocycles. The van der Waals surface area contributed by atoms with Crippen LogP contribution in [0.25, 0.3) is 5.52 Å². The molecule has 1 aromatic carbocycles. The molecule has 148 valence electrons. The quantitative estimate of drug-likeness (QED) is 0.679. The fraction of sp³-hybridized carbons (Fsp3) is 0.417. The molecule has 4 aliphatic rings. The van der Waals surface area contributed by atoms with Crippen LogP contribution < -0.4 is 10.6 Å². The smallest absolute Gasteiger partial charge is 0.272 e. The average molecular weight is 386 g/mol. The van der Waals surface area contributed by atoms with Gasteiger partial charge in [0.25, 0.3) is 5.91 Å². The number of hydrogen-bond acceptors (Lipinski definition) is 3. The van der Waals surface area contributed by atoms with Crippen LogP contribution in [-0.2, 0) is 0 Å². The summed E-state index contributed by atoms with van der Waals surface area (Å²) in [5, 5.41) is 6.82. The summed E-state index contributed by atoms with van der Waals surface area (Å²) < 4.78 is 1.96. The summed E-state index contributed by atoms with van der Waals surface area (Å²) in [5.41, 5.74) is 2.30. The Labute approximate surface area is 170 Å². The van der Waals surface area contributed by atoms with E-state index in [-0.39, 0.29) is 11.4 Å². The number of nitrogens with one attached hydrogen (secondary N) is 2. The van der Waals surface area contributed by atoms with Gasteiger partial charge in [0.15, 0.2) is 5.69 Å². The summed E-state index contributed by atoms with van der Waals surface area (Å²) >= 11 is 0. The third-order valence-corrected chi connectivity index (χ3v) is 7.21. The zero-order chi connectivity index (χ0) is 19.4. The van der Waals surface area contributed by atoms with Crippen LogP contribution in [0.1, 0.15) is 49.0 Å².